The Morgan fingerprint density at radius 3 is 2.67 bits per heavy atom. The van der Waals surface area contributed by atoms with Gasteiger partial charge in [-0.05, 0) is 44.7 Å². The molecule has 2 amide bonds. The highest BCUT2D eigenvalue weighted by Gasteiger charge is 2.25. The second kappa shape index (κ2) is 8.37. The van der Waals surface area contributed by atoms with Gasteiger partial charge in [0, 0.05) is 26.1 Å². The van der Waals surface area contributed by atoms with Crippen molar-refractivity contribution in [2.45, 2.75) is 45.4 Å². The number of carbonyl (C=O) groups excluding carboxylic acids is 2. The maximum Gasteiger partial charge on any atom is 0.242 e. The van der Waals surface area contributed by atoms with Gasteiger partial charge in [0.25, 0.3) is 0 Å². The monoisotopic (exact) mass is 295 g/mol. The Bertz CT molecular complexity index is 351. The first kappa shape index (κ1) is 16.3. The van der Waals surface area contributed by atoms with Crippen LogP contribution in [0, 0.1) is 5.92 Å². The number of carbonyl (C=O) groups is 2. The van der Waals surface area contributed by atoms with Crippen LogP contribution in [0.2, 0.25) is 0 Å². The zero-order chi connectivity index (χ0) is 15.1. The van der Waals surface area contributed by atoms with Crippen molar-refractivity contribution in [2.75, 3.05) is 39.3 Å². The highest BCUT2D eigenvalue weighted by atomic mass is 16.2. The average Bonchev–Trinajstić information content (AvgIpc) is 2.70. The molecule has 0 atom stereocenters. The molecule has 5 heteroatoms. The van der Waals surface area contributed by atoms with Gasteiger partial charge in [0.15, 0.2) is 0 Å². The van der Waals surface area contributed by atoms with Gasteiger partial charge in [-0.15, -0.1) is 0 Å². The fourth-order valence-corrected chi connectivity index (χ4v) is 3.20. The lowest BCUT2D eigenvalue weighted by molar-refractivity contribution is -0.141. The molecule has 2 heterocycles. The molecule has 0 radical (unpaired) electrons. The van der Waals surface area contributed by atoms with Crippen molar-refractivity contribution in [3.05, 3.63) is 0 Å². The van der Waals surface area contributed by atoms with Gasteiger partial charge in [0.2, 0.25) is 11.8 Å². The highest BCUT2D eigenvalue weighted by molar-refractivity contribution is 5.85. The van der Waals surface area contributed by atoms with Crippen LogP contribution in [0.4, 0.5) is 0 Å². The molecule has 0 aliphatic carbocycles. The lowest BCUT2D eigenvalue weighted by Gasteiger charge is -2.33. The van der Waals surface area contributed by atoms with Crippen LogP contribution in [-0.2, 0) is 9.59 Å². The SMILES string of the molecule is CCNCC1CCN(C(=O)CN2CCCCCC2=O)CC1. The van der Waals surface area contributed by atoms with Crippen LogP contribution in [-0.4, -0.2) is 60.9 Å². The molecule has 1 N–H and O–H groups in total. The summed E-state index contributed by atoms with van der Waals surface area (Å²) in [5.74, 6) is 0.976. The summed E-state index contributed by atoms with van der Waals surface area (Å²) in [6.07, 6.45) is 5.87. The number of nitrogens with zero attached hydrogens (tertiary/aromatic N) is 2. The van der Waals surface area contributed by atoms with Gasteiger partial charge < -0.3 is 15.1 Å². The largest absolute Gasteiger partial charge is 0.341 e. The molecule has 0 bridgehead atoms. The fraction of sp³-hybridized carbons (Fsp3) is 0.875. The van der Waals surface area contributed by atoms with Crippen LogP contribution < -0.4 is 5.32 Å². The van der Waals surface area contributed by atoms with Gasteiger partial charge in [-0.3, -0.25) is 9.59 Å². The summed E-state index contributed by atoms with van der Waals surface area (Å²) >= 11 is 0. The smallest absolute Gasteiger partial charge is 0.242 e. The molecule has 0 unspecified atom stereocenters. The van der Waals surface area contributed by atoms with E-state index >= 15 is 0 Å². The number of rotatable bonds is 5. The first-order chi connectivity index (χ1) is 10.2. The highest BCUT2D eigenvalue weighted by Crippen LogP contribution is 2.17. The topological polar surface area (TPSA) is 52.7 Å². The maximum absolute atomic E-state index is 12.4. The Kier molecular flexibility index (Phi) is 6.49. The van der Waals surface area contributed by atoms with E-state index in [0.29, 0.717) is 12.3 Å². The summed E-state index contributed by atoms with van der Waals surface area (Å²) in [5, 5.41) is 3.38. The van der Waals surface area contributed by atoms with E-state index in [1.54, 1.807) is 4.90 Å². The predicted octanol–water partition coefficient (Wildman–Crippen LogP) is 1.24. The van der Waals surface area contributed by atoms with Gasteiger partial charge in [-0.1, -0.05) is 13.3 Å². The summed E-state index contributed by atoms with van der Waals surface area (Å²) in [7, 11) is 0. The fourth-order valence-electron chi connectivity index (χ4n) is 3.20. The van der Waals surface area contributed by atoms with Crippen molar-refractivity contribution < 1.29 is 9.59 Å². The summed E-state index contributed by atoms with van der Waals surface area (Å²) in [6.45, 7) is 6.92. The Hall–Kier alpha value is -1.10. The van der Waals surface area contributed by atoms with Crippen LogP contribution in [0.15, 0.2) is 0 Å². The molecule has 0 saturated carbocycles. The first-order valence-electron chi connectivity index (χ1n) is 8.47. The second-order valence-electron chi connectivity index (χ2n) is 6.26. The summed E-state index contributed by atoms with van der Waals surface area (Å²) in [6, 6.07) is 0. The van der Waals surface area contributed by atoms with Crippen LogP contribution in [0.3, 0.4) is 0 Å². The van der Waals surface area contributed by atoms with E-state index in [0.717, 1.165) is 64.8 Å². The Balaban J connectivity index is 1.75. The third-order valence-electron chi connectivity index (χ3n) is 4.65. The number of hydrogen-bond donors (Lipinski definition) is 1. The zero-order valence-electron chi connectivity index (χ0n) is 13.3. The summed E-state index contributed by atoms with van der Waals surface area (Å²) in [5.41, 5.74) is 0. The third kappa shape index (κ3) is 4.99. The number of piperidine rings is 1. The van der Waals surface area contributed by atoms with Gasteiger partial charge in [0.05, 0.1) is 6.54 Å². The molecule has 2 aliphatic heterocycles. The van der Waals surface area contributed by atoms with E-state index in [1.165, 1.54) is 0 Å². The zero-order valence-corrected chi connectivity index (χ0v) is 13.3. The van der Waals surface area contributed by atoms with Gasteiger partial charge in [-0.2, -0.15) is 0 Å². The Morgan fingerprint density at radius 2 is 1.95 bits per heavy atom. The number of hydrogen-bond acceptors (Lipinski definition) is 3. The van der Waals surface area contributed by atoms with Crippen molar-refractivity contribution in [1.29, 1.82) is 0 Å². The van der Waals surface area contributed by atoms with Crippen molar-refractivity contribution in [1.82, 2.24) is 15.1 Å². The number of likely N-dealkylation sites (tertiary alicyclic amines) is 2. The van der Waals surface area contributed by atoms with Crippen LogP contribution in [0.5, 0.6) is 0 Å². The second-order valence-corrected chi connectivity index (χ2v) is 6.26. The van der Waals surface area contributed by atoms with E-state index < -0.39 is 0 Å². The maximum atomic E-state index is 12.4. The van der Waals surface area contributed by atoms with E-state index in [-0.39, 0.29) is 18.4 Å². The lowest BCUT2D eigenvalue weighted by atomic mass is 9.96. The van der Waals surface area contributed by atoms with Gasteiger partial charge in [-0.25, -0.2) is 0 Å². The molecular formula is C16H29N3O2. The van der Waals surface area contributed by atoms with Gasteiger partial charge >= 0.3 is 0 Å². The molecule has 120 valence electrons. The van der Waals surface area contributed by atoms with E-state index in [4.69, 9.17) is 0 Å². The molecule has 0 aromatic heterocycles. The molecule has 2 saturated heterocycles. The van der Waals surface area contributed by atoms with E-state index in [9.17, 15) is 9.59 Å². The Morgan fingerprint density at radius 1 is 1.19 bits per heavy atom. The summed E-state index contributed by atoms with van der Waals surface area (Å²) < 4.78 is 0. The van der Waals surface area contributed by atoms with Crippen molar-refractivity contribution in [3.63, 3.8) is 0 Å². The normalized spacial score (nSPS) is 21.5. The average molecular weight is 295 g/mol. The quantitative estimate of drug-likeness (QED) is 0.830. The minimum Gasteiger partial charge on any atom is -0.341 e. The lowest BCUT2D eigenvalue weighted by Crippen LogP contribution is -2.46. The summed E-state index contributed by atoms with van der Waals surface area (Å²) in [4.78, 5) is 28.0. The molecule has 2 rings (SSSR count). The van der Waals surface area contributed by atoms with Crippen molar-refractivity contribution in [2.24, 2.45) is 5.92 Å². The van der Waals surface area contributed by atoms with E-state index in [1.807, 2.05) is 4.90 Å². The molecule has 2 fully saturated rings. The third-order valence-corrected chi connectivity index (χ3v) is 4.65. The number of amides is 2. The number of nitrogens with one attached hydrogen (secondary N) is 1. The molecule has 21 heavy (non-hydrogen) atoms. The van der Waals surface area contributed by atoms with Crippen molar-refractivity contribution >= 4 is 11.8 Å². The standard InChI is InChI=1S/C16H29N3O2/c1-2-17-12-14-7-10-18(11-8-14)16(21)13-19-9-5-3-4-6-15(19)20/h14,17H,2-13H2,1H3. The van der Waals surface area contributed by atoms with Crippen LogP contribution in [0.25, 0.3) is 0 Å². The molecule has 2 aliphatic rings. The van der Waals surface area contributed by atoms with Crippen LogP contribution in [0.1, 0.15) is 45.4 Å². The van der Waals surface area contributed by atoms with Crippen molar-refractivity contribution in [3.8, 4) is 0 Å². The van der Waals surface area contributed by atoms with Crippen LogP contribution >= 0.6 is 0 Å². The molecule has 0 aromatic rings. The minimum atomic E-state index is 0.132. The van der Waals surface area contributed by atoms with E-state index in [2.05, 4.69) is 12.2 Å². The molecule has 0 spiro atoms. The molecule has 0 aromatic carbocycles. The molecule has 5 nitrogen and oxygen atoms in total. The minimum absolute atomic E-state index is 0.132. The van der Waals surface area contributed by atoms with Gasteiger partial charge in [0.1, 0.15) is 0 Å². The first-order valence-corrected chi connectivity index (χ1v) is 8.47. The Labute approximate surface area is 128 Å². The predicted molar refractivity (Wildman–Crippen MR) is 82.9 cm³/mol. The molecular weight excluding hydrogens is 266 g/mol.